The third-order valence-corrected chi connectivity index (χ3v) is 14.8. The molecule has 13 aromatic rings. The lowest BCUT2D eigenvalue weighted by Gasteiger charge is -2.29. The van der Waals surface area contributed by atoms with Gasteiger partial charge in [-0.3, -0.25) is 0 Å². The molecule has 14 rings (SSSR count). The van der Waals surface area contributed by atoms with Crippen molar-refractivity contribution >= 4 is 82.4 Å². The van der Waals surface area contributed by atoms with Crippen LogP contribution in [-0.4, -0.2) is 4.57 Å². The minimum Gasteiger partial charge on any atom is -0.455 e. The van der Waals surface area contributed by atoms with Crippen molar-refractivity contribution in [1.82, 2.24) is 4.57 Å². The quantitative estimate of drug-likeness (QED) is 0.155. The normalized spacial score (nSPS) is 13.0. The summed E-state index contributed by atoms with van der Waals surface area (Å²) in [5, 5.41) is 9.49. The van der Waals surface area contributed by atoms with E-state index in [2.05, 4.69) is 254 Å². The molecule has 0 saturated heterocycles. The van der Waals surface area contributed by atoms with E-state index < -0.39 is 0 Å². The average Bonchev–Trinajstić information content (AvgIpc) is 4.03. The van der Waals surface area contributed by atoms with Gasteiger partial charge in [0.05, 0.1) is 27.8 Å². The Morgan fingerprint density at radius 3 is 1.74 bits per heavy atom. The molecule has 0 radical (unpaired) electrons. The molecule has 0 amide bonds. The van der Waals surface area contributed by atoms with E-state index in [1.54, 1.807) is 0 Å². The molecule has 0 aliphatic heterocycles. The molecular weight excluding hydrogens is 825 g/mol. The number of hydrogen-bond acceptors (Lipinski definition) is 2. The molecule has 320 valence electrons. The molecule has 0 bridgehead atoms. The Kier molecular flexibility index (Phi) is 8.33. The summed E-state index contributed by atoms with van der Waals surface area (Å²) in [6.07, 6.45) is 0. The number of hydrogen-bond donors (Lipinski definition) is 0. The van der Waals surface area contributed by atoms with Crippen molar-refractivity contribution in [1.29, 1.82) is 0 Å². The molecule has 2 aromatic heterocycles. The predicted octanol–water partition coefficient (Wildman–Crippen LogP) is 18.1. The van der Waals surface area contributed by atoms with Gasteiger partial charge in [-0.05, 0) is 122 Å². The number of rotatable bonds is 6. The van der Waals surface area contributed by atoms with Crippen LogP contribution in [0.1, 0.15) is 25.0 Å². The largest absolute Gasteiger partial charge is 0.455 e. The Morgan fingerprint density at radius 2 is 0.971 bits per heavy atom. The second kappa shape index (κ2) is 14.7. The molecule has 0 atom stereocenters. The lowest BCUT2D eigenvalue weighted by molar-refractivity contribution is 0.660. The van der Waals surface area contributed by atoms with E-state index in [1.165, 1.54) is 76.7 Å². The van der Waals surface area contributed by atoms with Gasteiger partial charge in [-0.2, -0.15) is 0 Å². The summed E-state index contributed by atoms with van der Waals surface area (Å²) >= 11 is 0. The van der Waals surface area contributed by atoms with Gasteiger partial charge in [0.25, 0.3) is 0 Å². The van der Waals surface area contributed by atoms with Crippen LogP contribution in [0.4, 0.5) is 17.1 Å². The van der Waals surface area contributed by atoms with Crippen LogP contribution in [0, 0.1) is 0 Å². The third kappa shape index (κ3) is 5.66. The van der Waals surface area contributed by atoms with Crippen LogP contribution >= 0.6 is 0 Å². The van der Waals surface area contributed by atoms with E-state index in [1.807, 2.05) is 0 Å². The van der Waals surface area contributed by atoms with Gasteiger partial charge < -0.3 is 13.9 Å². The Hall–Kier alpha value is -8.66. The number of aromatic nitrogens is 1. The third-order valence-electron chi connectivity index (χ3n) is 14.8. The second-order valence-electron chi connectivity index (χ2n) is 18.8. The van der Waals surface area contributed by atoms with Gasteiger partial charge in [0.15, 0.2) is 0 Å². The molecule has 11 aromatic carbocycles. The van der Waals surface area contributed by atoms with Crippen LogP contribution in [0.15, 0.2) is 235 Å². The van der Waals surface area contributed by atoms with E-state index in [4.69, 9.17) is 4.42 Å². The number of nitrogens with zero attached hydrogens (tertiary/aromatic N) is 2. The summed E-state index contributed by atoms with van der Waals surface area (Å²) in [5.74, 6) is 0. The molecule has 0 unspecified atom stereocenters. The highest BCUT2D eigenvalue weighted by atomic mass is 16.3. The monoisotopic (exact) mass is 868 g/mol. The first-order valence-corrected chi connectivity index (χ1v) is 23.6. The average molecular weight is 869 g/mol. The molecule has 0 N–H and O–H groups in total. The van der Waals surface area contributed by atoms with E-state index >= 15 is 0 Å². The highest BCUT2D eigenvalue weighted by Crippen LogP contribution is 2.51. The SMILES string of the molecule is CC1(C)c2ccccc2-c2ccc(-c3ccc(N(c4cc5ccccc5c5ccccc45)c4ccc(-c5ccc(-n6c7ccccc7c7ccccc76)cc5)c5oc6ccccc6c45)cc3)cc21. The van der Waals surface area contributed by atoms with Crippen molar-refractivity contribution in [2.24, 2.45) is 0 Å². The number of benzene rings is 11. The minimum atomic E-state index is -0.0743. The summed E-state index contributed by atoms with van der Waals surface area (Å²) in [6, 6.07) is 84.3. The zero-order valence-corrected chi connectivity index (χ0v) is 37.7. The van der Waals surface area contributed by atoms with Crippen molar-refractivity contribution in [3.63, 3.8) is 0 Å². The first kappa shape index (κ1) is 38.6. The molecule has 3 nitrogen and oxygen atoms in total. The number of fused-ring (bicyclic) bond motifs is 12. The Morgan fingerprint density at radius 1 is 0.397 bits per heavy atom. The van der Waals surface area contributed by atoms with Gasteiger partial charge in [-0.1, -0.05) is 178 Å². The summed E-state index contributed by atoms with van der Waals surface area (Å²) in [6.45, 7) is 4.70. The molecular formula is C65H44N2O. The Labute approximate surface area is 394 Å². The molecule has 0 saturated carbocycles. The van der Waals surface area contributed by atoms with Gasteiger partial charge >= 0.3 is 0 Å². The number of furan rings is 1. The smallest absolute Gasteiger partial charge is 0.145 e. The summed E-state index contributed by atoms with van der Waals surface area (Å²) < 4.78 is 9.37. The maximum atomic E-state index is 7.00. The van der Waals surface area contributed by atoms with Crippen molar-refractivity contribution in [2.75, 3.05) is 4.90 Å². The summed E-state index contributed by atoms with van der Waals surface area (Å²) in [7, 11) is 0. The van der Waals surface area contributed by atoms with Crippen molar-refractivity contribution in [3.05, 3.63) is 242 Å². The first-order valence-electron chi connectivity index (χ1n) is 23.6. The maximum Gasteiger partial charge on any atom is 0.145 e. The van der Waals surface area contributed by atoms with E-state index in [0.717, 1.165) is 55.8 Å². The van der Waals surface area contributed by atoms with Crippen LogP contribution < -0.4 is 4.90 Å². The molecule has 0 fully saturated rings. The first-order chi connectivity index (χ1) is 33.5. The predicted molar refractivity (Wildman–Crippen MR) is 286 cm³/mol. The molecule has 2 heterocycles. The lowest BCUT2D eigenvalue weighted by atomic mass is 9.81. The van der Waals surface area contributed by atoms with Crippen molar-refractivity contribution < 1.29 is 4.42 Å². The molecule has 68 heavy (non-hydrogen) atoms. The van der Waals surface area contributed by atoms with Gasteiger partial charge in [-0.25, -0.2) is 0 Å². The zero-order chi connectivity index (χ0) is 45.1. The van der Waals surface area contributed by atoms with Crippen molar-refractivity contribution in [2.45, 2.75) is 19.3 Å². The highest BCUT2D eigenvalue weighted by molar-refractivity contribution is 6.20. The molecule has 1 aliphatic rings. The zero-order valence-electron chi connectivity index (χ0n) is 37.7. The highest BCUT2D eigenvalue weighted by Gasteiger charge is 2.35. The molecule has 0 spiro atoms. The summed E-state index contributed by atoms with van der Waals surface area (Å²) in [4.78, 5) is 2.46. The molecule has 1 aliphatic carbocycles. The Bertz CT molecular complexity index is 4120. The molecule has 3 heteroatoms. The number of para-hydroxylation sites is 3. The fraction of sp³-hybridized carbons (Fsp3) is 0.0462. The van der Waals surface area contributed by atoms with Gasteiger partial charge in [0.2, 0.25) is 0 Å². The van der Waals surface area contributed by atoms with Gasteiger partial charge in [0, 0.05) is 43.9 Å². The second-order valence-corrected chi connectivity index (χ2v) is 18.8. The minimum absolute atomic E-state index is 0.0743. The van der Waals surface area contributed by atoms with Gasteiger partial charge in [0.1, 0.15) is 11.2 Å². The fourth-order valence-electron chi connectivity index (χ4n) is 11.5. The van der Waals surface area contributed by atoms with Crippen LogP contribution in [0.5, 0.6) is 0 Å². The van der Waals surface area contributed by atoms with Gasteiger partial charge in [-0.15, -0.1) is 0 Å². The fourth-order valence-corrected chi connectivity index (χ4v) is 11.5. The van der Waals surface area contributed by atoms with Crippen molar-refractivity contribution in [3.8, 4) is 39.1 Å². The van der Waals surface area contributed by atoms with Crippen LogP contribution in [0.3, 0.4) is 0 Å². The van der Waals surface area contributed by atoms with E-state index in [0.29, 0.717) is 0 Å². The summed E-state index contributed by atoms with van der Waals surface area (Å²) in [5.41, 5.74) is 18.4. The van der Waals surface area contributed by atoms with Crippen LogP contribution in [0.25, 0.3) is 104 Å². The number of anilines is 3. The van der Waals surface area contributed by atoms with E-state index in [-0.39, 0.29) is 5.41 Å². The topological polar surface area (TPSA) is 21.3 Å². The van der Waals surface area contributed by atoms with Crippen LogP contribution in [-0.2, 0) is 5.41 Å². The van der Waals surface area contributed by atoms with Crippen LogP contribution in [0.2, 0.25) is 0 Å². The van der Waals surface area contributed by atoms with E-state index in [9.17, 15) is 0 Å². The standard InChI is InChI=1S/C65H44N2O/c1-65(2)56-23-11-7-18-50(56)51-36-31-43(39-57(51)65)41-27-32-46(33-28-41)67(61-40-44-15-3-4-16-47(44)49-17-5-6-19-52(49)61)60-38-37-48(64-63(60)55-22-10-14-26-62(55)68-64)42-29-34-45(35-30-42)66-58-24-12-8-20-53(58)54-21-9-13-25-59(54)66/h3-40H,1-2H3. The lowest BCUT2D eigenvalue weighted by Crippen LogP contribution is -2.14. The maximum absolute atomic E-state index is 7.00. The Balaban J connectivity index is 0.951.